The van der Waals surface area contributed by atoms with Gasteiger partial charge in [-0.3, -0.25) is 4.79 Å². The van der Waals surface area contributed by atoms with Crippen molar-refractivity contribution in [1.82, 2.24) is 0 Å². The highest BCUT2D eigenvalue weighted by molar-refractivity contribution is 5.44. The molecule has 0 fully saturated rings. The average molecular weight is 350 g/mol. The van der Waals surface area contributed by atoms with Crippen LogP contribution in [0.2, 0.25) is 0 Å². The topological polar surface area (TPSA) is 70.7 Å². The first-order chi connectivity index (χ1) is 12.4. The summed E-state index contributed by atoms with van der Waals surface area (Å²) in [6.45, 7) is 1.56. The molecule has 1 unspecified atom stereocenters. The number of aryl methyl sites for hydroxylation is 1. The molecule has 0 spiro atoms. The van der Waals surface area contributed by atoms with Crippen LogP contribution in [0.25, 0.3) is 0 Å². The highest BCUT2D eigenvalue weighted by Gasteiger charge is 2.20. The maximum atomic E-state index is 13.1. The van der Waals surface area contributed by atoms with Crippen molar-refractivity contribution in [2.75, 3.05) is 0 Å². The zero-order chi connectivity index (χ0) is 18.7. The molecule has 0 amide bonds. The molecule has 26 heavy (non-hydrogen) atoms. The zero-order valence-electron chi connectivity index (χ0n) is 13.9. The lowest BCUT2D eigenvalue weighted by Crippen LogP contribution is -2.08. The number of aliphatic hydroxyl groups is 1. The first-order valence-corrected chi connectivity index (χ1v) is 7.83. The molecule has 3 aromatic rings. The molecule has 0 radical (unpaired) electrons. The van der Waals surface area contributed by atoms with Crippen molar-refractivity contribution in [1.29, 1.82) is 0 Å². The Morgan fingerprint density at radius 2 is 1.73 bits per heavy atom. The molecule has 130 valence electrons. The SMILES string of the molecule is Cc1cc(=O)c(O)c(C(O)c2ccc(C#Cc3cccc(F)c3)cc2)o1. The van der Waals surface area contributed by atoms with Gasteiger partial charge in [-0.25, -0.2) is 4.39 Å². The van der Waals surface area contributed by atoms with Crippen LogP contribution < -0.4 is 5.43 Å². The molecule has 3 rings (SSSR count). The van der Waals surface area contributed by atoms with Gasteiger partial charge in [-0.05, 0) is 42.8 Å². The Morgan fingerprint density at radius 1 is 1.04 bits per heavy atom. The van der Waals surface area contributed by atoms with Crippen LogP contribution in [0.4, 0.5) is 4.39 Å². The summed E-state index contributed by atoms with van der Waals surface area (Å²) in [6, 6.07) is 13.7. The van der Waals surface area contributed by atoms with Crippen LogP contribution in [-0.2, 0) is 0 Å². The van der Waals surface area contributed by atoms with E-state index in [-0.39, 0.29) is 11.6 Å². The van der Waals surface area contributed by atoms with E-state index in [0.29, 0.717) is 22.5 Å². The van der Waals surface area contributed by atoms with E-state index in [1.165, 1.54) is 12.1 Å². The van der Waals surface area contributed by atoms with Crippen LogP contribution in [0, 0.1) is 24.6 Å². The molecule has 4 nitrogen and oxygen atoms in total. The van der Waals surface area contributed by atoms with Crippen molar-refractivity contribution in [3.8, 4) is 17.6 Å². The lowest BCUT2D eigenvalue weighted by molar-refractivity contribution is 0.176. The summed E-state index contributed by atoms with van der Waals surface area (Å²) < 4.78 is 18.4. The van der Waals surface area contributed by atoms with Gasteiger partial charge < -0.3 is 14.6 Å². The summed E-state index contributed by atoms with van der Waals surface area (Å²) >= 11 is 0. The van der Waals surface area contributed by atoms with E-state index in [4.69, 9.17) is 4.42 Å². The number of hydrogen-bond donors (Lipinski definition) is 2. The first-order valence-electron chi connectivity index (χ1n) is 7.83. The fourth-order valence-corrected chi connectivity index (χ4v) is 2.42. The summed E-state index contributed by atoms with van der Waals surface area (Å²) in [5.41, 5.74) is 1.05. The second-order valence-electron chi connectivity index (χ2n) is 5.72. The van der Waals surface area contributed by atoms with Crippen LogP contribution in [0.1, 0.15) is 34.3 Å². The minimum Gasteiger partial charge on any atom is -0.502 e. The van der Waals surface area contributed by atoms with E-state index in [1.54, 1.807) is 43.3 Å². The largest absolute Gasteiger partial charge is 0.502 e. The minimum absolute atomic E-state index is 0.200. The second kappa shape index (κ2) is 7.26. The third-order valence-corrected chi connectivity index (χ3v) is 3.72. The number of halogens is 1. The molecule has 0 saturated carbocycles. The van der Waals surface area contributed by atoms with Gasteiger partial charge in [0.2, 0.25) is 11.2 Å². The molecule has 0 bridgehead atoms. The fraction of sp³-hybridized carbons (Fsp3) is 0.0952. The first kappa shape index (κ1) is 17.5. The average Bonchev–Trinajstić information content (AvgIpc) is 2.63. The Bertz CT molecular complexity index is 1060. The van der Waals surface area contributed by atoms with Gasteiger partial charge in [-0.2, -0.15) is 0 Å². The lowest BCUT2D eigenvalue weighted by atomic mass is 10.0. The van der Waals surface area contributed by atoms with Crippen LogP contribution in [0.5, 0.6) is 5.75 Å². The quantitative estimate of drug-likeness (QED) is 0.696. The van der Waals surface area contributed by atoms with Gasteiger partial charge >= 0.3 is 0 Å². The van der Waals surface area contributed by atoms with E-state index in [1.807, 2.05) is 0 Å². The minimum atomic E-state index is -1.28. The third kappa shape index (κ3) is 3.82. The van der Waals surface area contributed by atoms with E-state index < -0.39 is 17.3 Å². The molecule has 1 heterocycles. The molecule has 0 aliphatic rings. The monoisotopic (exact) mass is 350 g/mol. The van der Waals surface area contributed by atoms with Crippen molar-refractivity contribution in [3.63, 3.8) is 0 Å². The van der Waals surface area contributed by atoms with Crippen molar-refractivity contribution in [2.24, 2.45) is 0 Å². The van der Waals surface area contributed by atoms with E-state index in [0.717, 1.165) is 6.07 Å². The number of benzene rings is 2. The number of aliphatic hydroxyl groups excluding tert-OH is 1. The summed E-state index contributed by atoms with van der Waals surface area (Å²) in [5, 5.41) is 20.2. The summed E-state index contributed by atoms with van der Waals surface area (Å²) in [5.74, 6) is 4.88. The van der Waals surface area contributed by atoms with Crippen LogP contribution in [0.15, 0.2) is 63.8 Å². The Kier molecular flexibility index (Phi) is 4.87. The Morgan fingerprint density at radius 3 is 2.42 bits per heavy atom. The summed E-state index contributed by atoms with van der Waals surface area (Å²) in [4.78, 5) is 11.6. The Balaban J connectivity index is 1.85. The fourth-order valence-electron chi connectivity index (χ4n) is 2.42. The summed E-state index contributed by atoms with van der Waals surface area (Å²) in [7, 11) is 0. The molecule has 2 aromatic carbocycles. The van der Waals surface area contributed by atoms with Gasteiger partial charge in [0, 0.05) is 17.2 Å². The predicted molar refractivity (Wildman–Crippen MR) is 94.3 cm³/mol. The van der Waals surface area contributed by atoms with E-state index >= 15 is 0 Å². The second-order valence-corrected chi connectivity index (χ2v) is 5.72. The normalized spacial score (nSPS) is 11.5. The number of aromatic hydroxyl groups is 1. The van der Waals surface area contributed by atoms with Crippen molar-refractivity contribution in [3.05, 3.63) is 98.8 Å². The molecule has 0 aliphatic heterocycles. The Labute approximate surface area is 149 Å². The summed E-state index contributed by atoms with van der Waals surface area (Å²) in [6.07, 6.45) is -1.28. The standard InChI is InChI=1S/C21H15FO4/c1-13-11-18(23)20(25)21(26-13)19(24)16-9-7-14(8-10-16)5-6-15-3-2-4-17(22)12-15/h2-4,7-12,19,24-25H,1H3. The molecule has 0 aliphatic carbocycles. The van der Waals surface area contributed by atoms with Gasteiger partial charge in [0.1, 0.15) is 17.7 Å². The van der Waals surface area contributed by atoms with Crippen LogP contribution >= 0.6 is 0 Å². The number of hydrogen-bond acceptors (Lipinski definition) is 4. The molecular weight excluding hydrogens is 335 g/mol. The highest BCUT2D eigenvalue weighted by atomic mass is 19.1. The molecule has 0 saturated heterocycles. The van der Waals surface area contributed by atoms with Gasteiger partial charge in [-0.15, -0.1) is 0 Å². The number of rotatable bonds is 2. The van der Waals surface area contributed by atoms with Gasteiger partial charge in [0.15, 0.2) is 5.76 Å². The maximum Gasteiger partial charge on any atom is 0.227 e. The molecule has 1 aromatic heterocycles. The van der Waals surface area contributed by atoms with Gasteiger partial charge in [0.05, 0.1) is 0 Å². The molecular formula is C21H15FO4. The molecule has 5 heteroatoms. The van der Waals surface area contributed by atoms with E-state index in [9.17, 15) is 19.4 Å². The third-order valence-electron chi connectivity index (χ3n) is 3.72. The molecule has 1 atom stereocenters. The zero-order valence-corrected chi connectivity index (χ0v) is 13.9. The smallest absolute Gasteiger partial charge is 0.227 e. The highest BCUT2D eigenvalue weighted by Crippen LogP contribution is 2.27. The van der Waals surface area contributed by atoms with E-state index in [2.05, 4.69) is 11.8 Å². The van der Waals surface area contributed by atoms with Crippen molar-refractivity contribution in [2.45, 2.75) is 13.0 Å². The van der Waals surface area contributed by atoms with Gasteiger partial charge in [-0.1, -0.05) is 30.0 Å². The van der Waals surface area contributed by atoms with Gasteiger partial charge in [0.25, 0.3) is 0 Å². The Hall–Kier alpha value is -3.36. The van der Waals surface area contributed by atoms with Crippen molar-refractivity contribution >= 4 is 0 Å². The predicted octanol–water partition coefficient (Wildman–Crippen LogP) is 3.27. The molecule has 2 N–H and O–H groups in total. The van der Waals surface area contributed by atoms with Crippen LogP contribution in [-0.4, -0.2) is 10.2 Å². The lowest BCUT2D eigenvalue weighted by Gasteiger charge is -2.12. The van der Waals surface area contributed by atoms with Crippen molar-refractivity contribution < 1.29 is 19.0 Å². The van der Waals surface area contributed by atoms with Crippen LogP contribution in [0.3, 0.4) is 0 Å². The maximum absolute atomic E-state index is 13.1.